The lowest BCUT2D eigenvalue weighted by atomic mass is 9.93. The van der Waals surface area contributed by atoms with Crippen molar-refractivity contribution in [2.75, 3.05) is 26.3 Å². The van der Waals surface area contributed by atoms with Gasteiger partial charge < -0.3 is 19.1 Å². The predicted molar refractivity (Wildman–Crippen MR) is 115 cm³/mol. The number of ether oxygens (including phenoxy) is 1. The van der Waals surface area contributed by atoms with Gasteiger partial charge in [-0.3, -0.25) is 14.4 Å². The molecular formula is C22H31N5O4. The summed E-state index contributed by atoms with van der Waals surface area (Å²) in [5.74, 6) is -0.290. The van der Waals surface area contributed by atoms with Crippen molar-refractivity contribution >= 4 is 17.5 Å². The lowest BCUT2D eigenvalue weighted by Crippen LogP contribution is -2.43. The lowest BCUT2D eigenvalue weighted by molar-refractivity contribution is -0.135. The lowest BCUT2D eigenvalue weighted by Gasteiger charge is -2.27. The van der Waals surface area contributed by atoms with E-state index >= 15 is 0 Å². The van der Waals surface area contributed by atoms with Gasteiger partial charge in [-0.15, -0.1) is 0 Å². The highest BCUT2D eigenvalue weighted by atomic mass is 16.5. The molecule has 31 heavy (non-hydrogen) atoms. The number of carbonyl (C=O) groups is 2. The fourth-order valence-corrected chi connectivity index (χ4v) is 4.14. The minimum absolute atomic E-state index is 0.000141. The average Bonchev–Trinajstić information content (AvgIpc) is 3.34. The Morgan fingerprint density at radius 3 is 2.52 bits per heavy atom. The van der Waals surface area contributed by atoms with Crippen LogP contribution in [0, 0.1) is 0 Å². The number of fused-ring (bicyclic) bond motifs is 2. The molecular weight excluding hydrogens is 398 g/mol. The zero-order valence-corrected chi connectivity index (χ0v) is 19.0. The Balaban J connectivity index is 1.87. The van der Waals surface area contributed by atoms with E-state index in [1.165, 1.54) is 4.52 Å². The number of amides is 2. The average molecular weight is 430 g/mol. The number of hydrogen-bond donors (Lipinski definition) is 0. The van der Waals surface area contributed by atoms with E-state index in [9.17, 15) is 14.4 Å². The van der Waals surface area contributed by atoms with Gasteiger partial charge in [0.2, 0.25) is 5.91 Å². The van der Waals surface area contributed by atoms with Crippen LogP contribution >= 0.6 is 0 Å². The molecule has 2 aliphatic heterocycles. The molecule has 0 bridgehead atoms. The summed E-state index contributed by atoms with van der Waals surface area (Å²) in [6.07, 6.45) is 0.784. The molecule has 0 N–H and O–H groups in total. The molecule has 2 aromatic heterocycles. The number of carbonyl (C=O) groups excluding carboxylic acids is 2. The molecule has 2 aromatic rings. The Hall–Kier alpha value is -2.68. The molecule has 2 aliphatic rings. The van der Waals surface area contributed by atoms with Crippen LogP contribution in [0.2, 0.25) is 0 Å². The standard InChI is InChI=1S/C22H31N5O4/c1-6-14(2)25-12-15-19(21(25)30)26(13-18(28)24-7-9-31-10-8-24)17-11-16(22(3,4)5)23-27(17)20(15)29/h11,14H,6-10,12-13H2,1-5H3. The third-order valence-corrected chi connectivity index (χ3v) is 6.31. The van der Waals surface area contributed by atoms with Gasteiger partial charge in [-0.1, -0.05) is 27.7 Å². The van der Waals surface area contributed by atoms with Crippen molar-refractivity contribution in [2.24, 2.45) is 0 Å². The molecule has 0 spiro atoms. The number of aromatic nitrogens is 3. The maximum Gasteiger partial charge on any atom is 0.280 e. The molecule has 2 amide bonds. The summed E-state index contributed by atoms with van der Waals surface area (Å²) in [4.78, 5) is 43.2. The Morgan fingerprint density at radius 1 is 1.23 bits per heavy atom. The van der Waals surface area contributed by atoms with Crippen LogP contribution in [0.4, 0.5) is 0 Å². The molecule has 0 aliphatic carbocycles. The molecule has 1 fully saturated rings. The molecule has 1 saturated heterocycles. The summed E-state index contributed by atoms with van der Waals surface area (Å²) in [6.45, 7) is 12.3. The van der Waals surface area contributed by atoms with Crippen LogP contribution in [-0.2, 0) is 28.0 Å². The van der Waals surface area contributed by atoms with Gasteiger partial charge in [0.25, 0.3) is 11.5 Å². The highest BCUT2D eigenvalue weighted by Gasteiger charge is 2.37. The van der Waals surface area contributed by atoms with E-state index in [4.69, 9.17) is 4.74 Å². The zero-order chi connectivity index (χ0) is 22.5. The Kier molecular flexibility index (Phi) is 5.41. The first-order valence-corrected chi connectivity index (χ1v) is 11.0. The van der Waals surface area contributed by atoms with Gasteiger partial charge in [-0.2, -0.15) is 9.61 Å². The number of morpholine rings is 1. The largest absolute Gasteiger partial charge is 0.378 e. The van der Waals surface area contributed by atoms with E-state index in [1.807, 2.05) is 40.7 Å². The van der Waals surface area contributed by atoms with Gasteiger partial charge >= 0.3 is 0 Å². The van der Waals surface area contributed by atoms with Crippen molar-refractivity contribution in [3.63, 3.8) is 0 Å². The first kappa shape index (κ1) is 21.5. The van der Waals surface area contributed by atoms with Crippen LogP contribution < -0.4 is 5.56 Å². The maximum absolute atomic E-state index is 13.4. The second kappa shape index (κ2) is 7.78. The molecule has 4 heterocycles. The second-order valence-electron chi connectivity index (χ2n) is 9.45. The summed E-state index contributed by atoms with van der Waals surface area (Å²) >= 11 is 0. The zero-order valence-electron chi connectivity index (χ0n) is 19.0. The third kappa shape index (κ3) is 3.64. The van der Waals surface area contributed by atoms with Crippen molar-refractivity contribution in [3.8, 4) is 0 Å². The highest BCUT2D eigenvalue weighted by Crippen LogP contribution is 2.27. The van der Waals surface area contributed by atoms with Crippen molar-refractivity contribution in [3.05, 3.63) is 33.4 Å². The van der Waals surface area contributed by atoms with Gasteiger partial charge in [-0.25, -0.2) is 0 Å². The van der Waals surface area contributed by atoms with E-state index in [0.29, 0.717) is 43.2 Å². The van der Waals surface area contributed by atoms with Gasteiger partial charge in [-0.05, 0) is 13.3 Å². The summed E-state index contributed by atoms with van der Waals surface area (Å²) in [5.41, 5.74) is 1.40. The van der Waals surface area contributed by atoms with Crippen molar-refractivity contribution in [1.29, 1.82) is 0 Å². The normalized spacial score (nSPS) is 18.0. The van der Waals surface area contributed by atoms with E-state index in [2.05, 4.69) is 5.10 Å². The second-order valence-corrected chi connectivity index (χ2v) is 9.45. The predicted octanol–water partition coefficient (Wildman–Crippen LogP) is 1.41. The van der Waals surface area contributed by atoms with Crippen LogP contribution in [0.15, 0.2) is 10.9 Å². The van der Waals surface area contributed by atoms with Crippen LogP contribution in [-0.4, -0.2) is 68.1 Å². The Morgan fingerprint density at radius 2 is 1.90 bits per heavy atom. The molecule has 9 nitrogen and oxygen atoms in total. The van der Waals surface area contributed by atoms with Crippen LogP contribution in [0.5, 0.6) is 0 Å². The Bertz CT molecular complexity index is 1090. The smallest absolute Gasteiger partial charge is 0.280 e. The van der Waals surface area contributed by atoms with Crippen LogP contribution in [0.1, 0.15) is 62.8 Å². The number of nitrogens with zero attached hydrogens (tertiary/aromatic N) is 5. The van der Waals surface area contributed by atoms with Crippen LogP contribution in [0.25, 0.3) is 5.65 Å². The number of hydrogen-bond acceptors (Lipinski definition) is 5. The van der Waals surface area contributed by atoms with E-state index in [1.54, 1.807) is 14.4 Å². The topological polar surface area (TPSA) is 89.2 Å². The van der Waals surface area contributed by atoms with Gasteiger partial charge in [0.1, 0.15) is 17.9 Å². The third-order valence-electron chi connectivity index (χ3n) is 6.31. The summed E-state index contributed by atoms with van der Waals surface area (Å²) < 4.78 is 8.41. The van der Waals surface area contributed by atoms with Crippen LogP contribution in [0.3, 0.4) is 0 Å². The first-order chi connectivity index (χ1) is 14.6. The molecule has 168 valence electrons. The van der Waals surface area contributed by atoms with Crippen molar-refractivity contribution < 1.29 is 14.3 Å². The number of rotatable bonds is 4. The van der Waals surface area contributed by atoms with Gasteiger partial charge in [0, 0.05) is 30.6 Å². The monoisotopic (exact) mass is 429 g/mol. The molecule has 0 aromatic carbocycles. The van der Waals surface area contributed by atoms with Gasteiger partial charge in [0.15, 0.2) is 0 Å². The molecule has 1 unspecified atom stereocenters. The highest BCUT2D eigenvalue weighted by molar-refractivity contribution is 5.98. The fraction of sp³-hybridized carbons (Fsp3) is 0.636. The summed E-state index contributed by atoms with van der Waals surface area (Å²) in [7, 11) is 0. The van der Waals surface area contributed by atoms with E-state index in [-0.39, 0.29) is 41.9 Å². The van der Waals surface area contributed by atoms with Gasteiger partial charge in [0.05, 0.1) is 31.0 Å². The molecule has 0 radical (unpaired) electrons. The molecule has 9 heteroatoms. The van der Waals surface area contributed by atoms with E-state index < -0.39 is 0 Å². The SMILES string of the molecule is CCC(C)N1Cc2c(n(CC(=O)N3CCOCC3)c3cc(C(C)(C)C)nn3c2=O)C1=O. The quantitative estimate of drug-likeness (QED) is 0.733. The molecule has 1 atom stereocenters. The summed E-state index contributed by atoms with van der Waals surface area (Å²) in [5, 5.41) is 4.57. The maximum atomic E-state index is 13.4. The minimum atomic E-state index is -0.283. The fourth-order valence-electron chi connectivity index (χ4n) is 4.14. The molecule has 4 rings (SSSR count). The molecule has 0 saturated carbocycles. The Labute approximate surface area is 181 Å². The van der Waals surface area contributed by atoms with E-state index in [0.717, 1.165) is 12.1 Å². The van der Waals surface area contributed by atoms with Crippen molar-refractivity contribution in [2.45, 2.75) is 65.6 Å². The minimum Gasteiger partial charge on any atom is -0.378 e. The first-order valence-electron chi connectivity index (χ1n) is 11.0. The van der Waals surface area contributed by atoms with Crippen molar-refractivity contribution in [1.82, 2.24) is 24.0 Å². The summed E-state index contributed by atoms with van der Waals surface area (Å²) in [6, 6.07) is 1.83.